The number of thiocarbonyl (C=S) groups is 1. The molecule has 2 rings (SSSR count). The van der Waals surface area contributed by atoms with Crippen LogP contribution in [-0.4, -0.2) is 30.8 Å². The van der Waals surface area contributed by atoms with Gasteiger partial charge in [0, 0.05) is 18.5 Å². The summed E-state index contributed by atoms with van der Waals surface area (Å²) in [5.41, 5.74) is 5.47. The molecule has 0 amide bonds. The van der Waals surface area contributed by atoms with E-state index in [0.29, 0.717) is 30.9 Å². The number of rotatable bonds is 3. The molecule has 0 aliphatic carbocycles. The second-order valence-corrected chi connectivity index (χ2v) is 8.01. The molecule has 0 atom stereocenters. The molecule has 1 heterocycles. The molecule has 110 valence electrons. The SMILES string of the molecule is CC1(C(N)=S)CCN(S(=O)(=O)c2ccccc2Cl)CC1. The van der Waals surface area contributed by atoms with Gasteiger partial charge in [0.1, 0.15) is 4.90 Å². The van der Waals surface area contributed by atoms with Crippen LogP contribution in [-0.2, 0) is 10.0 Å². The minimum atomic E-state index is -3.55. The Morgan fingerprint density at radius 2 is 1.90 bits per heavy atom. The van der Waals surface area contributed by atoms with Gasteiger partial charge in [-0.1, -0.05) is 42.9 Å². The molecule has 0 radical (unpaired) electrons. The summed E-state index contributed by atoms with van der Waals surface area (Å²) in [5.74, 6) is 0. The molecule has 0 bridgehead atoms. The largest absolute Gasteiger partial charge is 0.393 e. The van der Waals surface area contributed by atoms with Crippen molar-refractivity contribution in [1.29, 1.82) is 0 Å². The maximum Gasteiger partial charge on any atom is 0.244 e. The van der Waals surface area contributed by atoms with Crippen LogP contribution in [0.3, 0.4) is 0 Å². The summed E-state index contributed by atoms with van der Waals surface area (Å²) in [5, 5.41) is 0.246. The Morgan fingerprint density at radius 3 is 2.40 bits per heavy atom. The third-order valence-electron chi connectivity index (χ3n) is 3.88. The number of benzene rings is 1. The van der Waals surface area contributed by atoms with E-state index >= 15 is 0 Å². The lowest BCUT2D eigenvalue weighted by Crippen LogP contribution is -2.46. The van der Waals surface area contributed by atoms with Crippen LogP contribution >= 0.6 is 23.8 Å². The number of halogens is 1. The van der Waals surface area contributed by atoms with Crippen molar-refractivity contribution in [2.24, 2.45) is 11.1 Å². The molecule has 0 aromatic heterocycles. The van der Waals surface area contributed by atoms with Crippen molar-refractivity contribution in [2.45, 2.75) is 24.7 Å². The molecule has 0 unspecified atom stereocenters. The minimum Gasteiger partial charge on any atom is -0.393 e. The van der Waals surface area contributed by atoms with E-state index in [1.807, 2.05) is 6.92 Å². The summed E-state index contributed by atoms with van der Waals surface area (Å²) in [6.45, 7) is 2.79. The van der Waals surface area contributed by atoms with Gasteiger partial charge in [0.25, 0.3) is 0 Å². The maximum absolute atomic E-state index is 12.6. The number of nitrogens with zero attached hydrogens (tertiary/aromatic N) is 1. The lowest BCUT2D eigenvalue weighted by atomic mass is 9.81. The van der Waals surface area contributed by atoms with Gasteiger partial charge < -0.3 is 5.73 Å². The summed E-state index contributed by atoms with van der Waals surface area (Å²) in [6, 6.07) is 6.49. The molecule has 1 aromatic rings. The van der Waals surface area contributed by atoms with Crippen molar-refractivity contribution >= 4 is 38.8 Å². The Morgan fingerprint density at radius 1 is 1.35 bits per heavy atom. The molecule has 1 fully saturated rings. The number of hydrogen-bond donors (Lipinski definition) is 1. The maximum atomic E-state index is 12.6. The molecule has 20 heavy (non-hydrogen) atoms. The lowest BCUT2D eigenvalue weighted by molar-refractivity contribution is 0.244. The fourth-order valence-electron chi connectivity index (χ4n) is 2.26. The van der Waals surface area contributed by atoms with E-state index in [2.05, 4.69) is 0 Å². The van der Waals surface area contributed by atoms with E-state index in [9.17, 15) is 8.42 Å². The average molecular weight is 333 g/mol. The van der Waals surface area contributed by atoms with Gasteiger partial charge in [-0.25, -0.2) is 8.42 Å². The molecular formula is C13H17ClN2O2S2. The lowest BCUT2D eigenvalue weighted by Gasteiger charge is -2.38. The van der Waals surface area contributed by atoms with Crippen molar-refractivity contribution in [1.82, 2.24) is 4.31 Å². The monoisotopic (exact) mass is 332 g/mol. The standard InChI is InChI=1S/C13H17ClN2O2S2/c1-13(12(15)19)6-8-16(9-7-13)20(17,18)11-5-3-2-4-10(11)14/h2-5H,6-9H2,1H3,(H2,15,19). The number of hydrogen-bond acceptors (Lipinski definition) is 3. The zero-order valence-electron chi connectivity index (χ0n) is 11.2. The molecule has 7 heteroatoms. The van der Waals surface area contributed by atoms with Gasteiger partial charge in [0.2, 0.25) is 10.0 Å². The highest BCUT2D eigenvalue weighted by Crippen LogP contribution is 2.34. The average Bonchev–Trinajstić information content (AvgIpc) is 2.39. The van der Waals surface area contributed by atoms with Gasteiger partial charge in [0.15, 0.2) is 0 Å². The van der Waals surface area contributed by atoms with E-state index in [1.54, 1.807) is 18.2 Å². The first kappa shape index (κ1) is 15.7. The number of nitrogens with two attached hydrogens (primary N) is 1. The first-order valence-corrected chi connectivity index (χ1v) is 8.55. The highest BCUT2D eigenvalue weighted by Gasteiger charge is 2.37. The fraction of sp³-hybridized carbons (Fsp3) is 0.462. The molecule has 0 spiro atoms. The normalized spacial score (nSPS) is 19.7. The first-order chi connectivity index (χ1) is 9.27. The van der Waals surface area contributed by atoms with Crippen LogP contribution in [0.1, 0.15) is 19.8 Å². The number of sulfonamides is 1. The topological polar surface area (TPSA) is 63.4 Å². The second-order valence-electron chi connectivity index (χ2n) is 5.26. The fourth-order valence-corrected chi connectivity index (χ4v) is 4.40. The van der Waals surface area contributed by atoms with Crippen molar-refractivity contribution < 1.29 is 8.42 Å². The molecule has 1 aliphatic heterocycles. The molecule has 1 aliphatic rings. The van der Waals surface area contributed by atoms with Crippen LogP contribution in [0.25, 0.3) is 0 Å². The summed E-state index contributed by atoms with van der Waals surface area (Å²) in [7, 11) is -3.55. The summed E-state index contributed by atoms with van der Waals surface area (Å²) in [6.07, 6.45) is 1.26. The van der Waals surface area contributed by atoms with Gasteiger partial charge in [-0.05, 0) is 25.0 Å². The third-order valence-corrected chi connectivity index (χ3v) is 6.77. The molecule has 0 saturated carbocycles. The van der Waals surface area contributed by atoms with Gasteiger partial charge in [0.05, 0.1) is 10.0 Å². The molecule has 2 N–H and O–H groups in total. The van der Waals surface area contributed by atoms with E-state index in [0.717, 1.165) is 0 Å². The smallest absolute Gasteiger partial charge is 0.244 e. The highest BCUT2D eigenvalue weighted by molar-refractivity contribution is 7.89. The second kappa shape index (κ2) is 5.60. The summed E-state index contributed by atoms with van der Waals surface area (Å²) < 4.78 is 26.6. The highest BCUT2D eigenvalue weighted by atomic mass is 35.5. The minimum absolute atomic E-state index is 0.153. The van der Waals surface area contributed by atoms with Crippen LogP contribution in [0.15, 0.2) is 29.2 Å². The van der Waals surface area contributed by atoms with Crippen molar-refractivity contribution in [3.8, 4) is 0 Å². The van der Waals surface area contributed by atoms with Crippen molar-refractivity contribution in [3.05, 3.63) is 29.3 Å². The zero-order valence-corrected chi connectivity index (χ0v) is 13.6. The Kier molecular flexibility index (Phi) is 4.39. The molecule has 1 saturated heterocycles. The van der Waals surface area contributed by atoms with Crippen molar-refractivity contribution in [3.63, 3.8) is 0 Å². The molecule has 4 nitrogen and oxygen atoms in total. The summed E-state index contributed by atoms with van der Waals surface area (Å²) in [4.78, 5) is 0.605. The first-order valence-electron chi connectivity index (χ1n) is 6.32. The quantitative estimate of drug-likeness (QED) is 0.863. The van der Waals surface area contributed by atoms with Gasteiger partial charge >= 0.3 is 0 Å². The van der Waals surface area contributed by atoms with Crippen LogP contribution in [0.5, 0.6) is 0 Å². The van der Waals surface area contributed by atoms with Crippen LogP contribution in [0, 0.1) is 5.41 Å². The predicted octanol–water partition coefficient (Wildman–Crippen LogP) is 2.42. The van der Waals surface area contributed by atoms with Gasteiger partial charge in [-0.15, -0.1) is 0 Å². The zero-order chi connectivity index (χ0) is 15.0. The van der Waals surface area contributed by atoms with E-state index in [-0.39, 0.29) is 15.3 Å². The van der Waals surface area contributed by atoms with Crippen LogP contribution in [0.4, 0.5) is 0 Å². The predicted molar refractivity (Wildman–Crippen MR) is 84.3 cm³/mol. The summed E-state index contributed by atoms with van der Waals surface area (Å²) >= 11 is 11.1. The van der Waals surface area contributed by atoms with Gasteiger partial charge in [-0.2, -0.15) is 4.31 Å². The third kappa shape index (κ3) is 2.83. The molecule has 1 aromatic carbocycles. The van der Waals surface area contributed by atoms with E-state index < -0.39 is 10.0 Å². The Labute approximate surface area is 130 Å². The Hall–Kier alpha value is -0.690. The molecular weight excluding hydrogens is 316 g/mol. The number of piperidine rings is 1. The van der Waals surface area contributed by atoms with E-state index in [4.69, 9.17) is 29.6 Å². The van der Waals surface area contributed by atoms with E-state index in [1.165, 1.54) is 10.4 Å². The van der Waals surface area contributed by atoms with Crippen molar-refractivity contribution in [2.75, 3.05) is 13.1 Å². The van der Waals surface area contributed by atoms with Crippen LogP contribution < -0.4 is 5.73 Å². The van der Waals surface area contributed by atoms with Gasteiger partial charge in [-0.3, -0.25) is 0 Å². The Balaban J connectivity index is 2.22. The van der Waals surface area contributed by atoms with Crippen LogP contribution in [0.2, 0.25) is 5.02 Å². The Bertz CT molecular complexity index is 623.